The van der Waals surface area contributed by atoms with Crippen LogP contribution >= 0.6 is 22.6 Å². The molecule has 3 heterocycles. The van der Waals surface area contributed by atoms with Gasteiger partial charge in [0.25, 0.3) is 0 Å². The highest BCUT2D eigenvalue weighted by atomic mass is 127. The summed E-state index contributed by atoms with van der Waals surface area (Å²) in [7, 11) is -6.89. The van der Waals surface area contributed by atoms with Crippen LogP contribution in [0, 0.1) is 0 Å². The SMILES string of the molecule is CC1(C)OCC([C@H]2O[C@@H]3OC(C)(C)OC3[C@H]2OS(=O)(=O)C(F)(F)C(F)(F)OC(F)(F)C(F)(F)I)O1. The summed E-state index contributed by atoms with van der Waals surface area (Å²) in [6.07, 6.45) is -20.8. The molecule has 19 heteroatoms. The normalized spacial score (nSPS) is 33.8. The highest BCUT2D eigenvalue weighted by Gasteiger charge is 2.75. The van der Waals surface area contributed by atoms with E-state index >= 15 is 0 Å². The lowest BCUT2D eigenvalue weighted by Crippen LogP contribution is -2.56. The molecule has 0 spiro atoms. The number of rotatable bonds is 8. The molecule has 0 saturated carbocycles. The van der Waals surface area contributed by atoms with E-state index in [1.54, 1.807) is 0 Å². The zero-order chi connectivity index (χ0) is 27.0. The average Bonchev–Trinajstić information content (AvgIpc) is 3.22. The van der Waals surface area contributed by atoms with Gasteiger partial charge in [0.15, 0.2) is 17.9 Å². The van der Waals surface area contributed by atoms with Crippen LogP contribution in [-0.4, -0.2) is 78.7 Å². The van der Waals surface area contributed by atoms with Gasteiger partial charge in [0.1, 0.15) is 24.4 Å². The highest BCUT2D eigenvalue weighted by Crippen LogP contribution is 2.50. The molecule has 0 bridgehead atoms. The molecule has 0 N–H and O–H groups in total. The molecule has 2 unspecified atom stereocenters. The first-order valence-corrected chi connectivity index (χ1v) is 12.1. The van der Waals surface area contributed by atoms with Crippen LogP contribution in [0.15, 0.2) is 0 Å². The van der Waals surface area contributed by atoms with Crippen LogP contribution in [0.1, 0.15) is 27.7 Å². The molecule has 9 nitrogen and oxygen atoms in total. The number of hydrogen-bond donors (Lipinski definition) is 0. The van der Waals surface area contributed by atoms with Crippen LogP contribution in [0.5, 0.6) is 0 Å². The fraction of sp³-hybridized carbons (Fsp3) is 1.00. The summed E-state index contributed by atoms with van der Waals surface area (Å²) in [5.74, 6) is -2.70. The van der Waals surface area contributed by atoms with Crippen LogP contribution in [0.4, 0.5) is 35.1 Å². The quantitative estimate of drug-likeness (QED) is 0.167. The fourth-order valence-electron chi connectivity index (χ4n) is 3.42. The average molecular weight is 666 g/mol. The Balaban J connectivity index is 1.90. The lowest BCUT2D eigenvalue weighted by molar-refractivity contribution is -0.439. The minimum atomic E-state index is -6.89. The van der Waals surface area contributed by atoms with Crippen molar-refractivity contribution in [1.29, 1.82) is 0 Å². The summed E-state index contributed by atoms with van der Waals surface area (Å²) in [4.78, 5) is 0. The molecule has 0 aliphatic carbocycles. The van der Waals surface area contributed by atoms with Gasteiger partial charge in [-0.1, -0.05) is 0 Å². The van der Waals surface area contributed by atoms with Gasteiger partial charge in [0.2, 0.25) is 0 Å². The molecular weight excluding hydrogens is 647 g/mol. The Morgan fingerprint density at radius 3 is 1.91 bits per heavy atom. The van der Waals surface area contributed by atoms with Crippen molar-refractivity contribution in [2.45, 2.75) is 91.4 Å². The van der Waals surface area contributed by atoms with E-state index in [4.69, 9.17) is 23.7 Å². The maximum absolute atomic E-state index is 14.3. The molecule has 3 rings (SSSR count). The maximum atomic E-state index is 14.3. The van der Waals surface area contributed by atoms with Crippen LogP contribution < -0.4 is 0 Å². The number of fused-ring (bicyclic) bond motifs is 1. The third-order valence-corrected chi connectivity index (χ3v) is 6.87. The van der Waals surface area contributed by atoms with Crippen LogP contribution in [0.3, 0.4) is 0 Å². The third kappa shape index (κ3) is 5.52. The smallest absolute Gasteiger partial charge is 0.348 e. The van der Waals surface area contributed by atoms with Gasteiger partial charge in [0.05, 0.1) is 6.61 Å². The second-order valence-corrected chi connectivity index (χ2v) is 11.6. The summed E-state index contributed by atoms with van der Waals surface area (Å²) >= 11 is -0.345. The van der Waals surface area contributed by atoms with Gasteiger partial charge < -0.3 is 23.7 Å². The molecule has 206 valence electrons. The lowest BCUT2D eigenvalue weighted by Gasteiger charge is -2.32. The zero-order valence-electron chi connectivity index (χ0n) is 18.1. The Morgan fingerprint density at radius 1 is 0.857 bits per heavy atom. The van der Waals surface area contributed by atoms with E-state index in [-0.39, 0.29) is 29.2 Å². The largest absolute Gasteiger partial charge is 0.460 e. The predicted octanol–water partition coefficient (Wildman–Crippen LogP) is 3.55. The van der Waals surface area contributed by atoms with E-state index < -0.39 is 73.8 Å². The standard InChI is InChI=1S/C16H19F8IO9S/c1-11(2)28-5-6(30-11)7-8(9-10(29-7)32-12(3,4)31-9)33-35(26,27)16(23,24)15(21,22)34-14(19,20)13(17,18)25/h6-10H,5H2,1-4H3/t6?,7-,8+,9?,10-/m1/s1. The summed E-state index contributed by atoms with van der Waals surface area (Å²) in [6.45, 7) is 5.26. The van der Waals surface area contributed by atoms with Gasteiger partial charge in [-0.05, 0) is 27.7 Å². The Kier molecular flexibility index (Phi) is 7.29. The van der Waals surface area contributed by atoms with Crippen LogP contribution in [-0.2, 0) is 42.7 Å². The molecule has 5 atom stereocenters. The maximum Gasteiger partial charge on any atom is 0.460 e. The second kappa shape index (κ2) is 8.68. The summed E-state index contributed by atoms with van der Waals surface area (Å²) in [6, 6.07) is 0. The van der Waals surface area contributed by atoms with Crippen molar-refractivity contribution in [3.63, 3.8) is 0 Å². The highest BCUT2D eigenvalue weighted by molar-refractivity contribution is 14.1. The number of halogens is 9. The molecule has 3 fully saturated rings. The molecule has 3 aliphatic rings. The molecule has 3 aliphatic heterocycles. The van der Waals surface area contributed by atoms with E-state index in [0.29, 0.717) is 0 Å². The number of hydrogen-bond acceptors (Lipinski definition) is 9. The van der Waals surface area contributed by atoms with E-state index in [1.165, 1.54) is 27.7 Å². The molecule has 0 radical (unpaired) electrons. The van der Waals surface area contributed by atoms with Crippen molar-refractivity contribution >= 4 is 32.7 Å². The van der Waals surface area contributed by atoms with E-state index in [0.717, 1.165) is 0 Å². The van der Waals surface area contributed by atoms with Crippen molar-refractivity contribution in [2.24, 2.45) is 0 Å². The van der Waals surface area contributed by atoms with Crippen LogP contribution in [0.25, 0.3) is 0 Å². The molecule has 0 amide bonds. The molecule has 0 aromatic rings. The third-order valence-electron chi connectivity index (χ3n) is 4.90. The molecule has 35 heavy (non-hydrogen) atoms. The van der Waals surface area contributed by atoms with Crippen LogP contribution in [0.2, 0.25) is 0 Å². The Labute approximate surface area is 206 Å². The Morgan fingerprint density at radius 2 is 1.43 bits per heavy atom. The minimum absolute atomic E-state index is 0.285. The Bertz CT molecular complexity index is 926. The lowest BCUT2D eigenvalue weighted by atomic mass is 10.1. The fourth-order valence-corrected chi connectivity index (χ4v) is 4.50. The molecule has 3 saturated heterocycles. The monoisotopic (exact) mass is 666 g/mol. The van der Waals surface area contributed by atoms with Crippen molar-refractivity contribution in [3.05, 3.63) is 0 Å². The van der Waals surface area contributed by atoms with Gasteiger partial charge in [-0.15, -0.1) is 0 Å². The van der Waals surface area contributed by atoms with Crippen molar-refractivity contribution in [1.82, 2.24) is 0 Å². The predicted molar refractivity (Wildman–Crippen MR) is 102 cm³/mol. The topological polar surface area (TPSA) is 98.8 Å². The zero-order valence-corrected chi connectivity index (χ0v) is 21.1. The Hall–Kier alpha value is -0.160. The second-order valence-electron chi connectivity index (χ2n) is 8.60. The van der Waals surface area contributed by atoms with Gasteiger partial charge in [0, 0.05) is 22.6 Å². The number of alkyl halides is 9. The van der Waals surface area contributed by atoms with E-state index in [2.05, 4.69) is 8.92 Å². The summed E-state index contributed by atoms with van der Waals surface area (Å²) in [5, 5.41) is -6.57. The van der Waals surface area contributed by atoms with E-state index in [1.807, 2.05) is 0 Å². The van der Waals surface area contributed by atoms with E-state index in [9.17, 15) is 43.5 Å². The number of ether oxygens (including phenoxy) is 6. The first-order chi connectivity index (χ1) is 15.4. The van der Waals surface area contributed by atoms with Crippen molar-refractivity contribution < 1.29 is 76.1 Å². The van der Waals surface area contributed by atoms with Gasteiger partial charge in [-0.25, -0.2) is 4.74 Å². The van der Waals surface area contributed by atoms with Crippen molar-refractivity contribution in [2.75, 3.05) is 6.61 Å². The first-order valence-electron chi connectivity index (χ1n) is 9.57. The van der Waals surface area contributed by atoms with Gasteiger partial charge in [-0.2, -0.15) is 43.5 Å². The summed E-state index contributed by atoms with van der Waals surface area (Å²) < 4.78 is 161. The molecule has 0 aromatic heterocycles. The first kappa shape index (κ1) is 29.4. The minimum Gasteiger partial charge on any atom is -0.348 e. The summed E-state index contributed by atoms with van der Waals surface area (Å²) in [5.41, 5.74) is 0. The van der Waals surface area contributed by atoms with Gasteiger partial charge in [-0.3, -0.25) is 4.18 Å². The van der Waals surface area contributed by atoms with Crippen molar-refractivity contribution in [3.8, 4) is 0 Å². The molecular formula is C16H19F8IO9S. The van der Waals surface area contributed by atoms with Gasteiger partial charge >= 0.3 is 31.5 Å². The molecule has 0 aromatic carbocycles.